The summed E-state index contributed by atoms with van der Waals surface area (Å²) in [6.45, 7) is 1.77. The highest BCUT2D eigenvalue weighted by Crippen LogP contribution is 2.25. The molecule has 1 fully saturated rings. The number of amides is 10. The number of aromatic hydroxyl groups is 2. The Kier molecular flexibility index (Phi) is 26.4. The number of aliphatic hydroxyl groups excluding tert-OH is 1. The normalized spacial score (nSPS) is 19.8. The molecule has 26 heteroatoms. The number of para-hydroxylation sites is 1. The number of primary amides is 1. The second-order valence-corrected chi connectivity index (χ2v) is 23.4. The summed E-state index contributed by atoms with van der Waals surface area (Å²) in [5.74, 6) is -7.46. The van der Waals surface area contributed by atoms with Gasteiger partial charge in [0.05, 0.1) is 6.10 Å². The maximum absolute atomic E-state index is 14.9. The van der Waals surface area contributed by atoms with Crippen molar-refractivity contribution >= 4 is 97.9 Å². The van der Waals surface area contributed by atoms with Crippen LogP contribution in [0.15, 0.2) is 127 Å². The summed E-state index contributed by atoms with van der Waals surface area (Å²) in [7, 11) is 3.73. The molecule has 458 valence electrons. The largest absolute Gasteiger partial charge is 0.508 e. The number of rotatable bonds is 21. The van der Waals surface area contributed by atoms with E-state index in [2.05, 4.69) is 53.2 Å². The van der Waals surface area contributed by atoms with E-state index in [1.165, 1.54) is 55.5 Å². The van der Waals surface area contributed by atoms with Gasteiger partial charge in [-0.3, -0.25) is 38.4 Å². The summed E-state index contributed by atoms with van der Waals surface area (Å²) < 4.78 is 0. The van der Waals surface area contributed by atoms with Gasteiger partial charge in [-0.05, 0) is 129 Å². The van der Waals surface area contributed by atoms with Gasteiger partial charge in [0.15, 0.2) is 0 Å². The summed E-state index contributed by atoms with van der Waals surface area (Å²) in [5, 5.41) is 58.9. The average molecular weight is 1240 g/mol. The molecule has 1 saturated heterocycles. The summed E-state index contributed by atoms with van der Waals surface area (Å²) in [5.41, 5.74) is 8.95. The standard InChI is InChI=1S/C60H72ClN11O12S2/c1-35(73)52-59(83)71-50(58(82)68-46(53(62)77)30-38-15-24-43(74)25-16-38)34-86-85-33-49(66-51(76)28-19-36-11-20-40(61)21-12-36)57(81)70-48(32-39-17-26-44(75)27-18-39)56(80)69-47(55(79)67-45(54(78)72-52)10-6-7-29-63-2)31-37-13-22-42(23-14-37)65-60(84)64-41-8-4-3-5-9-41/h3-5,8-9,11-18,20-27,35,45-50,52,63,73-75H,6-7,10,19,28-34H2,1-2H3,(H2,62,77)(H,66,76)(H,67,79)(H,68,82)(H,69,80)(H,70,81)(H,71,83)(H,72,78)(H2,64,65,84)/t35?,45-,46+,47+,48-,49+,50-,52?/m0/s1. The summed E-state index contributed by atoms with van der Waals surface area (Å²) in [4.78, 5) is 127. The van der Waals surface area contributed by atoms with Gasteiger partial charge in [-0.25, -0.2) is 4.79 Å². The molecule has 0 spiro atoms. The van der Waals surface area contributed by atoms with Gasteiger partial charge >= 0.3 is 6.03 Å². The first-order valence-electron chi connectivity index (χ1n) is 27.7. The molecule has 1 heterocycles. The van der Waals surface area contributed by atoms with E-state index in [1.54, 1.807) is 85.9 Å². The van der Waals surface area contributed by atoms with Crippen LogP contribution in [0.2, 0.25) is 5.02 Å². The number of carbonyl (C=O) groups excluding carboxylic acids is 9. The fourth-order valence-electron chi connectivity index (χ4n) is 8.85. The molecule has 15 N–H and O–H groups in total. The lowest BCUT2D eigenvalue weighted by Crippen LogP contribution is -2.62. The van der Waals surface area contributed by atoms with Crippen LogP contribution in [0, 0.1) is 0 Å². The van der Waals surface area contributed by atoms with Gasteiger partial charge in [0.1, 0.15) is 53.8 Å². The number of urea groups is 1. The minimum absolute atomic E-state index is 0.000252. The van der Waals surface area contributed by atoms with Gasteiger partial charge in [-0.15, -0.1) is 0 Å². The highest BCUT2D eigenvalue weighted by Gasteiger charge is 2.36. The first kappa shape index (κ1) is 66.8. The second kappa shape index (κ2) is 34.0. The molecule has 1 aliphatic heterocycles. The van der Waals surface area contributed by atoms with E-state index in [4.69, 9.17) is 17.3 Å². The Morgan fingerprint density at radius 1 is 0.628 bits per heavy atom. The number of hydrogen-bond acceptors (Lipinski definition) is 15. The van der Waals surface area contributed by atoms with Crippen LogP contribution >= 0.6 is 33.2 Å². The zero-order chi connectivity index (χ0) is 62.1. The van der Waals surface area contributed by atoms with Crippen LogP contribution in [-0.2, 0) is 64.0 Å². The predicted octanol–water partition coefficient (Wildman–Crippen LogP) is 3.10. The molecule has 1 aliphatic rings. The minimum Gasteiger partial charge on any atom is -0.508 e. The molecule has 2 unspecified atom stereocenters. The van der Waals surface area contributed by atoms with Gasteiger partial charge in [0.25, 0.3) is 0 Å². The van der Waals surface area contributed by atoms with E-state index in [9.17, 15) is 58.5 Å². The highest BCUT2D eigenvalue weighted by molar-refractivity contribution is 8.76. The number of nitrogens with two attached hydrogens (primary N) is 1. The number of benzene rings is 5. The molecular formula is C60H72ClN11O12S2. The summed E-state index contributed by atoms with van der Waals surface area (Å²) in [6, 6.07) is 22.9. The summed E-state index contributed by atoms with van der Waals surface area (Å²) >= 11 is 6.09. The molecule has 0 aliphatic carbocycles. The molecule has 0 saturated carbocycles. The van der Waals surface area contributed by atoms with Crippen molar-refractivity contribution in [1.29, 1.82) is 0 Å². The second-order valence-electron chi connectivity index (χ2n) is 20.4. The predicted molar refractivity (Wildman–Crippen MR) is 330 cm³/mol. The van der Waals surface area contributed by atoms with Crippen LogP contribution < -0.4 is 58.9 Å². The third kappa shape index (κ3) is 22.2. The van der Waals surface area contributed by atoms with E-state index in [-0.39, 0.29) is 61.5 Å². The monoisotopic (exact) mass is 1240 g/mol. The number of phenols is 2. The highest BCUT2D eigenvalue weighted by atomic mass is 35.5. The molecular weight excluding hydrogens is 1170 g/mol. The molecule has 0 radical (unpaired) electrons. The number of carbonyl (C=O) groups is 9. The topological polar surface area (TPSA) is 361 Å². The van der Waals surface area contributed by atoms with Crippen molar-refractivity contribution in [2.24, 2.45) is 5.73 Å². The number of aryl methyl sites for hydroxylation is 1. The number of nitrogens with one attached hydrogen (secondary N) is 10. The molecule has 10 amide bonds. The van der Waals surface area contributed by atoms with Crippen molar-refractivity contribution in [2.75, 3.05) is 35.7 Å². The van der Waals surface area contributed by atoms with Crippen molar-refractivity contribution in [3.05, 3.63) is 155 Å². The first-order valence-corrected chi connectivity index (χ1v) is 30.6. The molecule has 8 atom stereocenters. The Morgan fingerprint density at radius 3 is 1.73 bits per heavy atom. The number of aliphatic hydroxyl groups is 1. The lowest BCUT2D eigenvalue weighted by Gasteiger charge is -2.29. The Hall–Kier alpha value is -8.36. The molecule has 5 aromatic rings. The van der Waals surface area contributed by atoms with E-state index in [1.807, 2.05) is 0 Å². The van der Waals surface area contributed by atoms with Crippen molar-refractivity contribution in [3.8, 4) is 11.5 Å². The van der Waals surface area contributed by atoms with Gasteiger partial charge in [-0.2, -0.15) is 0 Å². The minimum atomic E-state index is -1.74. The number of anilines is 2. The van der Waals surface area contributed by atoms with Gasteiger partial charge in [0.2, 0.25) is 47.3 Å². The molecule has 6 rings (SSSR count). The molecule has 5 aromatic carbocycles. The van der Waals surface area contributed by atoms with E-state index >= 15 is 0 Å². The molecule has 86 heavy (non-hydrogen) atoms. The lowest BCUT2D eigenvalue weighted by atomic mass is 10.0. The van der Waals surface area contributed by atoms with Crippen molar-refractivity contribution in [1.82, 2.24) is 42.5 Å². The first-order chi connectivity index (χ1) is 41.2. The van der Waals surface area contributed by atoms with Gasteiger partial charge in [0, 0.05) is 53.6 Å². The maximum Gasteiger partial charge on any atom is 0.323 e. The number of halogens is 1. The van der Waals surface area contributed by atoms with E-state index in [0.29, 0.717) is 52.5 Å². The fraction of sp³-hybridized carbons (Fsp3) is 0.350. The zero-order valence-electron chi connectivity index (χ0n) is 47.3. The van der Waals surface area contributed by atoms with Gasteiger partial charge in [-0.1, -0.05) is 99.9 Å². The summed E-state index contributed by atoms with van der Waals surface area (Å²) in [6.07, 6.45) is -1.04. The van der Waals surface area contributed by atoms with Gasteiger partial charge < -0.3 is 74.2 Å². The Balaban J connectivity index is 1.37. The third-order valence-electron chi connectivity index (χ3n) is 13.6. The average Bonchev–Trinajstić information content (AvgIpc) is 3.69. The van der Waals surface area contributed by atoms with E-state index < -0.39 is 102 Å². The Bertz CT molecular complexity index is 3100. The number of phenolic OH excluding ortho intramolecular Hbond substituents is 2. The van der Waals surface area contributed by atoms with Crippen LogP contribution in [0.25, 0.3) is 0 Å². The lowest BCUT2D eigenvalue weighted by molar-refractivity contribution is -0.136. The quantitative estimate of drug-likeness (QED) is 0.0371. The van der Waals surface area contributed by atoms with Crippen LogP contribution in [0.1, 0.15) is 54.9 Å². The fourth-order valence-corrected chi connectivity index (χ4v) is 11.3. The Labute approximate surface area is 510 Å². The van der Waals surface area contributed by atoms with Crippen molar-refractivity contribution in [3.63, 3.8) is 0 Å². The van der Waals surface area contributed by atoms with Crippen molar-refractivity contribution < 1.29 is 58.5 Å². The molecule has 23 nitrogen and oxygen atoms in total. The van der Waals surface area contributed by atoms with Crippen LogP contribution in [-0.4, -0.2) is 142 Å². The van der Waals surface area contributed by atoms with E-state index in [0.717, 1.165) is 27.2 Å². The smallest absolute Gasteiger partial charge is 0.323 e. The zero-order valence-corrected chi connectivity index (χ0v) is 49.7. The molecule has 0 aromatic heterocycles. The Morgan fingerprint density at radius 2 is 1.15 bits per heavy atom. The third-order valence-corrected chi connectivity index (χ3v) is 16.3. The maximum atomic E-state index is 14.9. The molecule has 0 bridgehead atoms. The van der Waals surface area contributed by atoms with Crippen LogP contribution in [0.4, 0.5) is 16.2 Å². The number of hydrogen-bond donors (Lipinski definition) is 14. The number of unbranched alkanes of at least 4 members (excludes halogenated alkanes) is 1. The van der Waals surface area contributed by atoms with Crippen LogP contribution in [0.3, 0.4) is 0 Å². The van der Waals surface area contributed by atoms with Crippen molar-refractivity contribution in [2.45, 2.75) is 107 Å². The SMILES string of the molecule is CNCCCC[C@@H]1NC(=O)[C@@H](Cc2ccc(NC(=O)Nc3ccccc3)cc2)NC(=O)[C@H](Cc2ccc(O)cc2)NC(=O)[C@H](NC(=O)CCc2ccc(Cl)cc2)CSSC[C@@H](C(=O)N[C@H](Cc2ccc(O)cc2)C(N)=O)NC(=O)C(C(C)O)NC1=O. The van der Waals surface area contributed by atoms with Crippen LogP contribution in [0.5, 0.6) is 11.5 Å².